The molecule has 5 aromatic rings. The van der Waals surface area contributed by atoms with E-state index in [9.17, 15) is 14.9 Å². The number of fused-ring (bicyclic) bond motifs is 1. The van der Waals surface area contributed by atoms with Crippen LogP contribution in [-0.2, 0) is 0 Å². The summed E-state index contributed by atoms with van der Waals surface area (Å²) in [7, 11) is 1.39. The highest BCUT2D eigenvalue weighted by molar-refractivity contribution is 6.04. The molecule has 162 valence electrons. The van der Waals surface area contributed by atoms with E-state index in [1.165, 1.54) is 7.05 Å². The number of benzene rings is 3. The second-order valence-electron chi connectivity index (χ2n) is 7.47. The van der Waals surface area contributed by atoms with Gasteiger partial charge in [-0.05, 0) is 54.6 Å². The molecule has 9 heteroatoms. The van der Waals surface area contributed by atoms with Crippen LogP contribution < -0.4 is 5.32 Å². The first-order chi connectivity index (χ1) is 16.0. The Balaban J connectivity index is 1.34. The van der Waals surface area contributed by atoms with Gasteiger partial charge in [-0.1, -0.05) is 0 Å². The summed E-state index contributed by atoms with van der Waals surface area (Å²) in [5.41, 5.74) is 4.12. The molecule has 1 amide bonds. The maximum Gasteiger partial charge on any atom is 0.257 e. The summed E-state index contributed by atoms with van der Waals surface area (Å²) in [4.78, 5) is 32.6. The predicted molar refractivity (Wildman–Crippen MR) is 123 cm³/mol. The molecule has 0 unspecified atom stereocenters. The molecule has 5 rings (SSSR count). The predicted octanol–water partition coefficient (Wildman–Crippen LogP) is 4.42. The van der Waals surface area contributed by atoms with Crippen molar-refractivity contribution in [3.05, 3.63) is 95.9 Å². The zero-order chi connectivity index (χ0) is 22.9. The van der Waals surface area contributed by atoms with E-state index in [1.807, 2.05) is 22.9 Å². The van der Waals surface area contributed by atoms with Crippen molar-refractivity contribution in [2.75, 3.05) is 12.4 Å². The minimum absolute atomic E-state index is 0.233. The Bertz CT molecular complexity index is 1470. The molecule has 0 atom stereocenters. The molecule has 33 heavy (non-hydrogen) atoms. The monoisotopic (exact) mass is 439 g/mol. The summed E-state index contributed by atoms with van der Waals surface area (Å²) in [5, 5.41) is 13.4. The number of carbonyl (C=O) groups is 1. The first-order valence-electron chi connectivity index (χ1n) is 10.1. The Morgan fingerprint density at radius 2 is 1.79 bits per heavy atom. The number of hydrogen-bond acceptors (Lipinski definition) is 5. The van der Waals surface area contributed by atoms with Gasteiger partial charge in [0.2, 0.25) is 0 Å². The van der Waals surface area contributed by atoms with Crippen LogP contribution >= 0.6 is 0 Å². The van der Waals surface area contributed by atoms with Crippen molar-refractivity contribution in [3.63, 3.8) is 0 Å². The quantitative estimate of drug-likeness (QED) is 0.312. The largest absolute Gasteiger partial charge is 0.426 e. The van der Waals surface area contributed by atoms with Gasteiger partial charge in [-0.3, -0.25) is 4.79 Å². The lowest BCUT2D eigenvalue weighted by molar-refractivity contribution is -0.428. The number of nitroso groups, excluding NO2 is 1. The molecule has 3 aromatic carbocycles. The number of nitrogens with one attached hydrogen (secondary N) is 1. The zero-order valence-corrected chi connectivity index (χ0v) is 17.6. The molecule has 2 aromatic heterocycles. The summed E-state index contributed by atoms with van der Waals surface area (Å²) in [5.74, 6) is 0.104. The molecule has 0 aliphatic heterocycles. The Morgan fingerprint density at radius 1 is 1.03 bits per heavy atom. The van der Waals surface area contributed by atoms with Gasteiger partial charge in [0.15, 0.2) is 12.9 Å². The Hall–Kier alpha value is -4.79. The van der Waals surface area contributed by atoms with Crippen molar-refractivity contribution < 1.29 is 14.8 Å². The maximum absolute atomic E-state index is 12.6. The van der Waals surface area contributed by atoms with E-state index < -0.39 is 0 Å². The van der Waals surface area contributed by atoms with Gasteiger partial charge in [0.1, 0.15) is 5.52 Å². The highest BCUT2D eigenvalue weighted by atomic mass is 16.5. The van der Waals surface area contributed by atoms with Crippen LogP contribution in [-0.4, -0.2) is 42.2 Å². The molecule has 9 nitrogen and oxygen atoms in total. The minimum Gasteiger partial charge on any atom is -0.426 e. The topological polar surface area (TPSA) is 105 Å². The van der Waals surface area contributed by atoms with Crippen LogP contribution in [0.15, 0.2) is 85.5 Å². The van der Waals surface area contributed by atoms with E-state index in [1.54, 1.807) is 67.1 Å². The van der Waals surface area contributed by atoms with Gasteiger partial charge >= 0.3 is 0 Å². The van der Waals surface area contributed by atoms with Crippen molar-refractivity contribution >= 4 is 28.3 Å². The van der Waals surface area contributed by atoms with Gasteiger partial charge in [0.25, 0.3) is 11.6 Å². The summed E-state index contributed by atoms with van der Waals surface area (Å²) in [6.07, 6.45) is 5.22. The van der Waals surface area contributed by atoms with E-state index in [2.05, 4.69) is 15.3 Å². The number of anilines is 1. The summed E-state index contributed by atoms with van der Waals surface area (Å²) in [6, 6.07) is 19.1. The third kappa shape index (κ3) is 3.83. The molecule has 0 bridgehead atoms. The van der Waals surface area contributed by atoms with Crippen molar-refractivity contribution in [2.24, 2.45) is 0 Å². The molecule has 0 radical (unpaired) electrons. The molecule has 0 aliphatic carbocycles. The number of amides is 1. The molecular weight excluding hydrogens is 420 g/mol. The molecule has 0 aliphatic rings. The SMILES string of the molecule is C[N+](=O)c1ccc2nc(-c3ccc(NC(=O)c4ccc(-n5ccnc5)cc4)cc3)n(O)c2c1. The van der Waals surface area contributed by atoms with E-state index in [0.717, 1.165) is 15.2 Å². The highest BCUT2D eigenvalue weighted by Gasteiger charge is 2.16. The number of aromatic nitrogens is 4. The Labute approximate surface area is 188 Å². The van der Waals surface area contributed by atoms with E-state index in [-0.39, 0.29) is 5.91 Å². The molecule has 2 N–H and O–H groups in total. The maximum atomic E-state index is 12.6. The van der Waals surface area contributed by atoms with E-state index in [4.69, 9.17) is 0 Å². The molecule has 2 heterocycles. The zero-order valence-electron chi connectivity index (χ0n) is 17.6. The van der Waals surface area contributed by atoms with Gasteiger partial charge in [0, 0.05) is 56.7 Å². The minimum atomic E-state index is -0.233. The third-order valence-electron chi connectivity index (χ3n) is 5.31. The molecular formula is C24H19N6O3+. The van der Waals surface area contributed by atoms with Crippen molar-refractivity contribution in [3.8, 4) is 17.1 Å². The molecule has 0 saturated heterocycles. The number of hydrogen-bond donors (Lipinski definition) is 2. The van der Waals surface area contributed by atoms with Gasteiger partial charge in [-0.25, -0.2) is 9.97 Å². The fraction of sp³-hybridized carbons (Fsp3) is 0.0417. The lowest BCUT2D eigenvalue weighted by Gasteiger charge is -2.08. The van der Waals surface area contributed by atoms with Crippen molar-refractivity contribution in [1.82, 2.24) is 19.3 Å². The van der Waals surface area contributed by atoms with Crippen LogP contribution in [0.2, 0.25) is 0 Å². The molecule has 0 fully saturated rings. The lowest BCUT2D eigenvalue weighted by Crippen LogP contribution is -2.11. The fourth-order valence-electron chi connectivity index (χ4n) is 3.54. The Kier molecular flexibility index (Phi) is 4.91. The van der Waals surface area contributed by atoms with Crippen LogP contribution in [0, 0.1) is 4.91 Å². The first-order valence-corrected chi connectivity index (χ1v) is 10.1. The smallest absolute Gasteiger partial charge is 0.257 e. The van der Waals surface area contributed by atoms with Gasteiger partial charge in [-0.2, -0.15) is 4.73 Å². The lowest BCUT2D eigenvalue weighted by atomic mass is 10.1. The van der Waals surface area contributed by atoms with Crippen molar-refractivity contribution in [1.29, 1.82) is 0 Å². The fourth-order valence-corrected chi connectivity index (χ4v) is 3.54. The highest BCUT2D eigenvalue weighted by Crippen LogP contribution is 2.27. The second-order valence-corrected chi connectivity index (χ2v) is 7.47. The number of nitrogens with zero attached hydrogens (tertiary/aromatic N) is 5. The first kappa shape index (κ1) is 20.1. The average Bonchev–Trinajstić information content (AvgIpc) is 3.48. The number of rotatable bonds is 5. The summed E-state index contributed by atoms with van der Waals surface area (Å²) in [6.45, 7) is 0. The standard InChI is InChI=1S/C24H18N6O3/c1-28(32)20-10-11-21-22(14-20)30(33)23(27-21)16-2-6-18(7-3-16)26-24(31)17-4-8-19(9-5-17)29-13-12-25-15-29/h2-15H,1H3,(H-,26,27,31,32,33)/p+1. The number of carbonyl (C=O) groups excluding carboxylic acids is 1. The average molecular weight is 439 g/mol. The second kappa shape index (κ2) is 8.04. The molecule has 0 spiro atoms. The summed E-state index contributed by atoms with van der Waals surface area (Å²) >= 11 is 0. The Morgan fingerprint density at radius 3 is 2.45 bits per heavy atom. The van der Waals surface area contributed by atoms with Crippen LogP contribution in [0.3, 0.4) is 0 Å². The van der Waals surface area contributed by atoms with Crippen LogP contribution in [0.4, 0.5) is 11.4 Å². The number of imidazole rings is 2. The summed E-state index contributed by atoms with van der Waals surface area (Å²) < 4.78 is 3.53. The van der Waals surface area contributed by atoms with Crippen LogP contribution in [0.5, 0.6) is 0 Å². The van der Waals surface area contributed by atoms with Gasteiger partial charge < -0.3 is 15.1 Å². The molecule has 0 saturated carbocycles. The normalized spacial score (nSPS) is 10.9. The van der Waals surface area contributed by atoms with Crippen LogP contribution in [0.25, 0.3) is 28.1 Å². The van der Waals surface area contributed by atoms with Crippen LogP contribution in [0.1, 0.15) is 10.4 Å². The van der Waals surface area contributed by atoms with E-state index in [0.29, 0.717) is 39.4 Å². The third-order valence-corrected chi connectivity index (χ3v) is 5.31. The van der Waals surface area contributed by atoms with Gasteiger partial charge in [-0.15, -0.1) is 0 Å². The van der Waals surface area contributed by atoms with E-state index >= 15 is 0 Å². The van der Waals surface area contributed by atoms with Crippen molar-refractivity contribution in [2.45, 2.75) is 0 Å². The van der Waals surface area contributed by atoms with Gasteiger partial charge in [0.05, 0.1) is 11.8 Å².